The molecule has 67 heavy (non-hydrogen) atoms. The van der Waals surface area contributed by atoms with Crippen molar-refractivity contribution in [1.29, 1.82) is 5.26 Å². The van der Waals surface area contributed by atoms with Gasteiger partial charge in [0.15, 0.2) is 0 Å². The molecule has 0 spiro atoms. The van der Waals surface area contributed by atoms with Crippen molar-refractivity contribution in [3.8, 4) is 6.07 Å². The molecule has 3 aliphatic heterocycles. The van der Waals surface area contributed by atoms with Gasteiger partial charge in [-0.05, 0) is 166 Å². The Morgan fingerprint density at radius 3 is 2.34 bits per heavy atom. The molecule has 3 saturated carbocycles. The van der Waals surface area contributed by atoms with Crippen LogP contribution in [0.15, 0.2) is 52.8 Å². The molecule has 1 aromatic heterocycles. The van der Waals surface area contributed by atoms with Crippen LogP contribution < -0.4 is 16.0 Å². The predicted octanol–water partition coefficient (Wildman–Crippen LogP) is 12.4. The molecule has 0 amide bonds. The van der Waals surface area contributed by atoms with Gasteiger partial charge in [-0.1, -0.05) is 104 Å². The van der Waals surface area contributed by atoms with Crippen LogP contribution in [-0.4, -0.2) is 52.3 Å². The van der Waals surface area contributed by atoms with Gasteiger partial charge in [-0.15, -0.1) is 0 Å². The Bertz CT molecular complexity index is 2250. The summed E-state index contributed by atoms with van der Waals surface area (Å²) in [5.74, 6) is 3.04. The monoisotopic (exact) mass is 907 g/mol. The van der Waals surface area contributed by atoms with Crippen molar-refractivity contribution in [2.75, 3.05) is 0 Å². The SMILES string of the molecule is CC(C)(C)C1=CC2C3=C(CCC(C(C)(C)C)C3)N(C3CC(n4c5c(c6c4CCCC6)CCC=C5)C(C#N)CC3C3NC(C4C=C5C(CC4)OC4CCCCC54)NC(C4CCCCC4)N3)C2C=C1. The van der Waals surface area contributed by atoms with Crippen LogP contribution in [0.1, 0.15) is 192 Å². The number of nitrogens with zero attached hydrogens (tertiary/aromatic N) is 3. The Morgan fingerprint density at radius 2 is 1.52 bits per heavy atom. The van der Waals surface area contributed by atoms with Crippen molar-refractivity contribution in [1.82, 2.24) is 25.4 Å². The highest BCUT2D eigenvalue weighted by atomic mass is 16.5. The van der Waals surface area contributed by atoms with Gasteiger partial charge in [0.2, 0.25) is 0 Å². The molecule has 11 aliphatic rings. The highest BCUT2D eigenvalue weighted by molar-refractivity contribution is 5.59. The predicted molar refractivity (Wildman–Crippen MR) is 271 cm³/mol. The maximum absolute atomic E-state index is 11.6. The van der Waals surface area contributed by atoms with E-state index in [1.54, 1.807) is 33.7 Å². The molecule has 14 unspecified atom stereocenters. The number of ether oxygens (including phenoxy) is 1. The fourth-order valence-corrected chi connectivity index (χ4v) is 16.7. The molecular weight excluding hydrogens is 821 g/mol. The maximum Gasteiger partial charge on any atom is 0.0793 e. The van der Waals surface area contributed by atoms with Crippen molar-refractivity contribution in [3.63, 3.8) is 0 Å². The minimum Gasteiger partial charge on any atom is -0.370 e. The summed E-state index contributed by atoms with van der Waals surface area (Å²) in [6.07, 6.45) is 43.9. The summed E-state index contributed by atoms with van der Waals surface area (Å²) in [5.41, 5.74) is 13.2. The maximum atomic E-state index is 11.6. The third-order valence-corrected chi connectivity index (χ3v) is 20.3. The van der Waals surface area contributed by atoms with E-state index in [-0.39, 0.29) is 47.2 Å². The fraction of sp³-hybridized carbons (Fsp3) is 0.750. The summed E-state index contributed by atoms with van der Waals surface area (Å²) >= 11 is 0. The van der Waals surface area contributed by atoms with E-state index in [1.807, 2.05) is 0 Å². The van der Waals surface area contributed by atoms with Crippen molar-refractivity contribution in [2.45, 2.75) is 232 Å². The van der Waals surface area contributed by atoms with Crippen LogP contribution in [0, 0.1) is 63.6 Å². The van der Waals surface area contributed by atoms with Crippen LogP contribution in [0.25, 0.3) is 6.08 Å². The number of allylic oxidation sites excluding steroid dienone is 4. The number of hydrogen-bond acceptors (Lipinski definition) is 6. The van der Waals surface area contributed by atoms with Crippen LogP contribution in [-0.2, 0) is 24.0 Å². The number of nitriles is 1. The quantitative estimate of drug-likeness (QED) is 0.256. The van der Waals surface area contributed by atoms with E-state index in [4.69, 9.17) is 4.74 Å². The van der Waals surface area contributed by atoms with Gasteiger partial charge in [0.1, 0.15) is 0 Å². The van der Waals surface area contributed by atoms with E-state index in [0.717, 1.165) is 38.5 Å². The summed E-state index contributed by atoms with van der Waals surface area (Å²) in [6, 6.07) is 3.90. The summed E-state index contributed by atoms with van der Waals surface area (Å²) in [7, 11) is 0. The smallest absolute Gasteiger partial charge is 0.0793 e. The van der Waals surface area contributed by atoms with Crippen LogP contribution in [0.4, 0.5) is 0 Å². The lowest BCUT2D eigenvalue weighted by atomic mass is 9.69. The molecule has 2 saturated heterocycles. The normalized spacial score (nSPS) is 39.9. The van der Waals surface area contributed by atoms with Gasteiger partial charge < -0.3 is 14.2 Å². The molecule has 0 aromatic carbocycles. The van der Waals surface area contributed by atoms with E-state index in [2.05, 4.69) is 109 Å². The molecule has 362 valence electrons. The lowest BCUT2D eigenvalue weighted by molar-refractivity contribution is 0.00126. The molecule has 5 fully saturated rings. The third-order valence-electron chi connectivity index (χ3n) is 20.3. The first-order valence-corrected chi connectivity index (χ1v) is 28.3. The van der Waals surface area contributed by atoms with Crippen LogP contribution in [0.3, 0.4) is 0 Å². The average molecular weight is 907 g/mol. The summed E-state index contributed by atoms with van der Waals surface area (Å²) in [4.78, 5) is 3.07. The second-order valence-electron chi connectivity index (χ2n) is 26.0. The van der Waals surface area contributed by atoms with Crippen molar-refractivity contribution >= 4 is 6.08 Å². The van der Waals surface area contributed by atoms with Crippen molar-refractivity contribution in [2.24, 2.45) is 52.3 Å². The molecule has 8 aliphatic carbocycles. The lowest BCUT2D eigenvalue weighted by Gasteiger charge is -2.54. The van der Waals surface area contributed by atoms with Crippen LogP contribution in [0.2, 0.25) is 0 Å². The number of aromatic nitrogens is 1. The fourth-order valence-electron chi connectivity index (χ4n) is 16.7. The Hall–Kier alpha value is -2.89. The van der Waals surface area contributed by atoms with Gasteiger partial charge in [0, 0.05) is 46.8 Å². The van der Waals surface area contributed by atoms with Gasteiger partial charge in [-0.3, -0.25) is 16.0 Å². The minimum absolute atomic E-state index is 0.0432. The highest BCUT2D eigenvalue weighted by Crippen LogP contribution is 2.56. The molecule has 3 N–H and O–H groups in total. The summed E-state index contributed by atoms with van der Waals surface area (Å²) < 4.78 is 9.62. The van der Waals surface area contributed by atoms with Gasteiger partial charge >= 0.3 is 0 Å². The highest BCUT2D eigenvalue weighted by Gasteiger charge is 2.54. The van der Waals surface area contributed by atoms with Gasteiger partial charge in [-0.2, -0.15) is 5.26 Å². The summed E-state index contributed by atoms with van der Waals surface area (Å²) in [5, 5.41) is 24.8. The minimum atomic E-state index is -0.0432. The first kappa shape index (κ1) is 45.3. The number of fused-ring (bicyclic) bond motifs is 8. The van der Waals surface area contributed by atoms with Gasteiger partial charge in [-0.25, -0.2) is 0 Å². The van der Waals surface area contributed by atoms with Gasteiger partial charge in [0.25, 0.3) is 0 Å². The van der Waals surface area contributed by atoms with E-state index in [9.17, 15) is 5.26 Å². The average Bonchev–Trinajstić information content (AvgIpc) is 4.00. The zero-order valence-corrected chi connectivity index (χ0v) is 42.4. The van der Waals surface area contributed by atoms with E-state index >= 15 is 0 Å². The molecule has 1 aromatic rings. The molecule has 4 heterocycles. The molecule has 7 heteroatoms. The van der Waals surface area contributed by atoms with E-state index in [0.29, 0.717) is 53.9 Å². The Morgan fingerprint density at radius 1 is 0.731 bits per heavy atom. The Balaban J connectivity index is 0.966. The first-order chi connectivity index (χ1) is 32.4. The molecule has 0 radical (unpaired) electrons. The molecule has 12 rings (SSSR count). The van der Waals surface area contributed by atoms with Crippen molar-refractivity contribution < 1.29 is 4.74 Å². The first-order valence-electron chi connectivity index (χ1n) is 28.3. The third kappa shape index (κ3) is 8.05. The zero-order valence-electron chi connectivity index (χ0n) is 42.4. The molecule has 14 atom stereocenters. The summed E-state index contributed by atoms with van der Waals surface area (Å²) in [6.45, 7) is 14.7. The Kier molecular flexibility index (Phi) is 12.0. The lowest BCUT2D eigenvalue weighted by Crippen LogP contribution is -2.74. The molecule has 0 bridgehead atoms. The Labute approximate surface area is 405 Å². The number of rotatable bonds is 5. The van der Waals surface area contributed by atoms with Crippen LogP contribution >= 0.6 is 0 Å². The largest absolute Gasteiger partial charge is 0.370 e. The second-order valence-corrected chi connectivity index (χ2v) is 26.0. The number of nitrogens with one attached hydrogen (secondary N) is 3. The van der Waals surface area contributed by atoms with Gasteiger partial charge in [0.05, 0.1) is 54.8 Å². The van der Waals surface area contributed by atoms with E-state index < -0.39 is 0 Å². The molecular formula is C60H86N6O. The standard InChI is InChI=1S/C60H86N6O/c1-59(2,3)39-25-27-50-44(32-39)45-33-40(60(4,5)6)26-28-51(45)66(50)53-34-52(65-48-21-13-10-18-41(48)42-19-11-14-22-49(42)65)38(35-61)31-47(53)58-63-56(36-16-8-7-9-17-36)62-57(64-58)37-24-29-55-46(30-37)43-20-12-15-23-54(43)67-55/h13,21,25,27,30,32,36-38,40,43-44,47,50,52-58,62-64H,7-12,14-20,22-24,26,28-29,31,33-34H2,1-6H3. The zero-order chi connectivity index (χ0) is 45.8. The number of hydrogen-bond donors (Lipinski definition) is 3. The van der Waals surface area contributed by atoms with Crippen LogP contribution in [0.5, 0.6) is 0 Å². The second kappa shape index (κ2) is 17.8. The topological polar surface area (TPSA) is 77.3 Å². The van der Waals surface area contributed by atoms with E-state index in [1.165, 1.54) is 114 Å². The molecule has 7 nitrogen and oxygen atoms in total. The van der Waals surface area contributed by atoms with Crippen molar-refractivity contribution in [3.05, 3.63) is 75.3 Å².